The van der Waals surface area contributed by atoms with Gasteiger partial charge in [-0.1, -0.05) is 109 Å². The van der Waals surface area contributed by atoms with Crippen LogP contribution in [0, 0.1) is 0 Å². The summed E-state index contributed by atoms with van der Waals surface area (Å²) in [7, 11) is 0. The fraction of sp³-hybridized carbons (Fsp3) is 0. The van der Waals surface area contributed by atoms with E-state index in [1.807, 2.05) is 0 Å². The van der Waals surface area contributed by atoms with Gasteiger partial charge in [0.1, 0.15) is 0 Å². The van der Waals surface area contributed by atoms with Gasteiger partial charge >= 0.3 is 0 Å². The predicted molar refractivity (Wildman–Crippen MR) is 190 cm³/mol. The van der Waals surface area contributed by atoms with Gasteiger partial charge in [0.25, 0.3) is 0 Å². The van der Waals surface area contributed by atoms with Gasteiger partial charge < -0.3 is 14.4 Å². The van der Waals surface area contributed by atoms with Crippen molar-refractivity contribution in [1.29, 1.82) is 0 Å². The van der Waals surface area contributed by atoms with Crippen LogP contribution in [-0.4, -0.2) is 4.57 Å². The number of fused-ring (bicyclic) bond motifs is 3. The molecule has 0 radical (unpaired) electrons. The van der Waals surface area contributed by atoms with Crippen molar-refractivity contribution >= 4 is 55.9 Å². The second-order valence-electron chi connectivity index (χ2n) is 11.1. The molecule has 8 rings (SSSR count). The summed E-state index contributed by atoms with van der Waals surface area (Å²) in [5, 5.41) is 2.46. The first-order valence-corrected chi connectivity index (χ1v) is 15.3. The lowest BCUT2D eigenvalue weighted by Gasteiger charge is -2.30. The molecule has 3 nitrogen and oxygen atoms in total. The largest absolute Gasteiger partial charge is 0.310 e. The highest BCUT2D eigenvalue weighted by Gasteiger charge is 2.22. The quantitative estimate of drug-likeness (QED) is 0.187. The van der Waals surface area contributed by atoms with Crippen molar-refractivity contribution in [2.75, 3.05) is 9.80 Å². The SMILES string of the molecule is c1ccc(N(c2ccccc2)c2cccc(N(c3ccccc3)c3cccc4c5ccccc5n(-c5ccccc5)c34)c2)cc1. The lowest BCUT2D eigenvalue weighted by molar-refractivity contribution is 1.17. The van der Waals surface area contributed by atoms with E-state index in [0.717, 1.165) is 39.8 Å². The molecule has 0 N–H and O–H groups in total. The topological polar surface area (TPSA) is 11.4 Å². The van der Waals surface area contributed by atoms with Crippen molar-refractivity contribution in [3.8, 4) is 5.69 Å². The predicted octanol–water partition coefficient (Wildman–Crippen LogP) is 11.7. The number of hydrogen-bond donors (Lipinski definition) is 0. The standard InChI is InChI=1S/C42H31N3/c1-5-17-32(18-6-1)43(33-19-7-2-8-20-33)36-25-15-26-37(31-36)44(34-21-9-3-10-22-34)41-30-16-28-39-38-27-13-14-29-40(38)45(42(39)41)35-23-11-4-12-24-35/h1-31H. The Labute approximate surface area is 263 Å². The Bertz CT molecular complexity index is 2170. The highest BCUT2D eigenvalue weighted by Crippen LogP contribution is 2.45. The van der Waals surface area contributed by atoms with Crippen molar-refractivity contribution in [2.45, 2.75) is 0 Å². The highest BCUT2D eigenvalue weighted by atomic mass is 15.2. The fourth-order valence-electron chi connectivity index (χ4n) is 6.40. The molecule has 0 saturated heterocycles. The van der Waals surface area contributed by atoms with Crippen LogP contribution in [0.3, 0.4) is 0 Å². The Morgan fingerprint density at radius 2 is 0.778 bits per heavy atom. The van der Waals surface area contributed by atoms with Gasteiger partial charge in [0.2, 0.25) is 0 Å². The van der Waals surface area contributed by atoms with Crippen LogP contribution < -0.4 is 9.80 Å². The summed E-state index contributed by atoms with van der Waals surface area (Å²) in [6.07, 6.45) is 0. The molecule has 45 heavy (non-hydrogen) atoms. The lowest BCUT2D eigenvalue weighted by Crippen LogP contribution is -2.14. The first-order chi connectivity index (χ1) is 22.4. The third-order valence-corrected chi connectivity index (χ3v) is 8.32. The molecule has 0 bridgehead atoms. The zero-order chi connectivity index (χ0) is 30.0. The zero-order valence-corrected chi connectivity index (χ0v) is 24.7. The number of para-hydroxylation sites is 6. The van der Waals surface area contributed by atoms with Gasteiger partial charge in [0.05, 0.1) is 16.7 Å². The summed E-state index contributed by atoms with van der Waals surface area (Å²) in [6, 6.07) is 66.7. The van der Waals surface area contributed by atoms with E-state index in [4.69, 9.17) is 0 Å². The van der Waals surface area contributed by atoms with Crippen molar-refractivity contribution in [3.05, 3.63) is 188 Å². The maximum Gasteiger partial charge on any atom is 0.0782 e. The molecule has 214 valence electrons. The van der Waals surface area contributed by atoms with Crippen LogP contribution >= 0.6 is 0 Å². The molecule has 0 aliphatic rings. The van der Waals surface area contributed by atoms with Gasteiger partial charge in [-0.05, 0) is 78.9 Å². The molecular weight excluding hydrogens is 546 g/mol. The number of nitrogens with zero attached hydrogens (tertiary/aromatic N) is 3. The molecule has 0 amide bonds. The molecule has 0 unspecified atom stereocenters. The third kappa shape index (κ3) is 4.81. The summed E-state index contributed by atoms with van der Waals surface area (Å²) < 4.78 is 2.40. The first kappa shape index (κ1) is 26.6. The number of hydrogen-bond acceptors (Lipinski definition) is 2. The normalized spacial score (nSPS) is 11.1. The molecule has 0 spiro atoms. The number of benzene rings is 7. The van der Waals surface area contributed by atoms with Crippen LogP contribution in [0.1, 0.15) is 0 Å². The van der Waals surface area contributed by atoms with Crippen LogP contribution in [0.5, 0.6) is 0 Å². The molecular formula is C42H31N3. The smallest absolute Gasteiger partial charge is 0.0782 e. The molecule has 0 saturated carbocycles. The monoisotopic (exact) mass is 577 g/mol. The van der Waals surface area contributed by atoms with E-state index in [0.29, 0.717) is 0 Å². The van der Waals surface area contributed by atoms with Crippen LogP contribution in [0.25, 0.3) is 27.5 Å². The van der Waals surface area contributed by atoms with Gasteiger partial charge in [-0.25, -0.2) is 0 Å². The van der Waals surface area contributed by atoms with E-state index < -0.39 is 0 Å². The van der Waals surface area contributed by atoms with Crippen molar-refractivity contribution < 1.29 is 0 Å². The lowest BCUT2D eigenvalue weighted by atomic mass is 10.1. The number of aromatic nitrogens is 1. The average molecular weight is 578 g/mol. The molecule has 1 aromatic heterocycles. The minimum Gasteiger partial charge on any atom is -0.310 e. The Balaban J connectivity index is 1.39. The fourth-order valence-corrected chi connectivity index (χ4v) is 6.40. The minimum atomic E-state index is 1.08. The van der Waals surface area contributed by atoms with E-state index in [2.05, 4.69) is 202 Å². The maximum absolute atomic E-state index is 2.40. The van der Waals surface area contributed by atoms with Crippen LogP contribution in [0.4, 0.5) is 34.1 Å². The molecule has 8 aromatic rings. The molecule has 0 atom stereocenters. The number of anilines is 6. The van der Waals surface area contributed by atoms with Gasteiger partial charge in [0.15, 0.2) is 0 Å². The Morgan fingerprint density at radius 3 is 1.40 bits per heavy atom. The molecule has 1 heterocycles. The summed E-state index contributed by atoms with van der Waals surface area (Å²) >= 11 is 0. The van der Waals surface area contributed by atoms with E-state index in [9.17, 15) is 0 Å². The summed E-state index contributed by atoms with van der Waals surface area (Å²) in [5.41, 5.74) is 10.1. The van der Waals surface area contributed by atoms with Gasteiger partial charge in [-0.3, -0.25) is 0 Å². The van der Waals surface area contributed by atoms with Gasteiger partial charge in [-0.2, -0.15) is 0 Å². The molecule has 0 fully saturated rings. The Morgan fingerprint density at radius 1 is 0.333 bits per heavy atom. The first-order valence-electron chi connectivity index (χ1n) is 15.3. The second-order valence-corrected chi connectivity index (χ2v) is 11.1. The number of rotatable bonds is 7. The van der Waals surface area contributed by atoms with Gasteiger partial charge in [-0.15, -0.1) is 0 Å². The maximum atomic E-state index is 2.40. The molecule has 7 aromatic carbocycles. The highest BCUT2D eigenvalue weighted by molar-refractivity contribution is 6.14. The van der Waals surface area contributed by atoms with Crippen LogP contribution in [-0.2, 0) is 0 Å². The summed E-state index contributed by atoms with van der Waals surface area (Å²) in [4.78, 5) is 4.70. The van der Waals surface area contributed by atoms with Gasteiger partial charge in [0, 0.05) is 44.9 Å². The van der Waals surface area contributed by atoms with Crippen molar-refractivity contribution in [1.82, 2.24) is 4.57 Å². The second kappa shape index (κ2) is 11.6. The zero-order valence-electron chi connectivity index (χ0n) is 24.7. The van der Waals surface area contributed by atoms with E-state index in [1.54, 1.807) is 0 Å². The molecule has 3 heteroatoms. The minimum absolute atomic E-state index is 1.08. The van der Waals surface area contributed by atoms with E-state index in [1.165, 1.54) is 21.8 Å². The summed E-state index contributed by atoms with van der Waals surface area (Å²) in [5.74, 6) is 0. The average Bonchev–Trinajstić information content (AvgIpc) is 3.46. The van der Waals surface area contributed by atoms with Crippen molar-refractivity contribution in [3.63, 3.8) is 0 Å². The van der Waals surface area contributed by atoms with Crippen LogP contribution in [0.2, 0.25) is 0 Å². The summed E-state index contributed by atoms with van der Waals surface area (Å²) in [6.45, 7) is 0. The van der Waals surface area contributed by atoms with Crippen molar-refractivity contribution in [2.24, 2.45) is 0 Å². The Kier molecular flexibility index (Phi) is 6.82. The van der Waals surface area contributed by atoms with E-state index >= 15 is 0 Å². The van der Waals surface area contributed by atoms with Crippen LogP contribution in [0.15, 0.2) is 188 Å². The molecule has 0 aliphatic heterocycles. The Hall–Kier alpha value is -6.06. The molecule has 0 aliphatic carbocycles. The third-order valence-electron chi connectivity index (χ3n) is 8.32. The van der Waals surface area contributed by atoms with E-state index in [-0.39, 0.29) is 0 Å².